The van der Waals surface area contributed by atoms with Crippen LogP contribution in [0.3, 0.4) is 0 Å². The number of ether oxygens (including phenoxy) is 1. The highest BCUT2D eigenvalue weighted by Gasteiger charge is 2.27. The summed E-state index contributed by atoms with van der Waals surface area (Å²) in [5.41, 5.74) is 2.23. The van der Waals surface area contributed by atoms with Gasteiger partial charge < -0.3 is 9.84 Å². The molecule has 2 aromatic rings. The SMILES string of the molecule is O=C(C[C@@H]1CCN(Cc2ccccc2)C1)Oc1cccc(C2CCCC2)c1O. The summed E-state index contributed by atoms with van der Waals surface area (Å²) >= 11 is 0. The van der Waals surface area contributed by atoms with Crippen molar-refractivity contribution < 1.29 is 14.6 Å². The van der Waals surface area contributed by atoms with Crippen LogP contribution in [-0.4, -0.2) is 29.1 Å². The molecule has 4 nitrogen and oxygen atoms in total. The van der Waals surface area contributed by atoms with E-state index in [0.717, 1.165) is 44.5 Å². The molecule has 0 unspecified atom stereocenters. The number of para-hydroxylation sites is 1. The maximum Gasteiger partial charge on any atom is 0.311 e. The predicted molar refractivity (Wildman–Crippen MR) is 109 cm³/mol. The molecule has 28 heavy (non-hydrogen) atoms. The van der Waals surface area contributed by atoms with Gasteiger partial charge in [0.1, 0.15) is 0 Å². The average Bonchev–Trinajstić information content (AvgIpc) is 3.37. The molecular weight excluding hydrogens is 350 g/mol. The lowest BCUT2D eigenvalue weighted by Gasteiger charge is -2.16. The molecule has 0 aromatic heterocycles. The van der Waals surface area contributed by atoms with Crippen LogP contribution in [0.2, 0.25) is 0 Å². The Labute approximate surface area is 167 Å². The van der Waals surface area contributed by atoms with E-state index in [9.17, 15) is 9.90 Å². The van der Waals surface area contributed by atoms with Crippen molar-refractivity contribution in [2.75, 3.05) is 13.1 Å². The van der Waals surface area contributed by atoms with E-state index in [-0.39, 0.29) is 11.7 Å². The van der Waals surface area contributed by atoms with Crippen molar-refractivity contribution in [3.05, 3.63) is 59.7 Å². The first kappa shape index (κ1) is 19.0. The molecule has 148 valence electrons. The van der Waals surface area contributed by atoms with E-state index >= 15 is 0 Å². The van der Waals surface area contributed by atoms with Gasteiger partial charge in [-0.2, -0.15) is 0 Å². The van der Waals surface area contributed by atoms with Gasteiger partial charge in [-0.15, -0.1) is 0 Å². The second-order valence-corrected chi connectivity index (χ2v) is 8.23. The number of nitrogens with zero attached hydrogens (tertiary/aromatic N) is 1. The van der Waals surface area contributed by atoms with Crippen LogP contribution in [-0.2, 0) is 11.3 Å². The van der Waals surface area contributed by atoms with Gasteiger partial charge >= 0.3 is 5.97 Å². The van der Waals surface area contributed by atoms with E-state index in [1.807, 2.05) is 18.2 Å². The molecule has 1 atom stereocenters. The normalized spacial score (nSPS) is 20.5. The Kier molecular flexibility index (Phi) is 5.96. The quantitative estimate of drug-likeness (QED) is 0.575. The number of hydrogen-bond donors (Lipinski definition) is 1. The molecule has 0 bridgehead atoms. The average molecular weight is 380 g/mol. The second-order valence-electron chi connectivity index (χ2n) is 8.23. The number of esters is 1. The highest BCUT2D eigenvalue weighted by molar-refractivity contribution is 5.74. The summed E-state index contributed by atoms with van der Waals surface area (Å²) < 4.78 is 5.55. The number of carbonyl (C=O) groups excluding carboxylic acids is 1. The highest BCUT2D eigenvalue weighted by Crippen LogP contribution is 2.42. The summed E-state index contributed by atoms with van der Waals surface area (Å²) in [6, 6.07) is 16.0. The summed E-state index contributed by atoms with van der Waals surface area (Å²) in [5, 5.41) is 10.6. The lowest BCUT2D eigenvalue weighted by atomic mass is 9.96. The first-order valence-electron chi connectivity index (χ1n) is 10.5. The number of rotatable bonds is 6. The Morgan fingerprint density at radius 3 is 2.61 bits per heavy atom. The number of likely N-dealkylation sites (tertiary alicyclic amines) is 1. The van der Waals surface area contributed by atoms with Crippen LogP contribution in [0.5, 0.6) is 11.5 Å². The molecule has 4 rings (SSSR count). The van der Waals surface area contributed by atoms with Crippen molar-refractivity contribution in [1.29, 1.82) is 0 Å². The molecule has 0 radical (unpaired) electrons. The lowest BCUT2D eigenvalue weighted by Crippen LogP contribution is -2.21. The van der Waals surface area contributed by atoms with Crippen LogP contribution in [0.4, 0.5) is 0 Å². The van der Waals surface area contributed by atoms with Crippen LogP contribution in [0.15, 0.2) is 48.5 Å². The highest BCUT2D eigenvalue weighted by atomic mass is 16.5. The topological polar surface area (TPSA) is 49.8 Å². The molecular formula is C24H29NO3. The fourth-order valence-electron chi connectivity index (χ4n) is 4.65. The number of benzene rings is 2. The van der Waals surface area contributed by atoms with Gasteiger partial charge in [0.25, 0.3) is 0 Å². The summed E-state index contributed by atoms with van der Waals surface area (Å²) in [7, 11) is 0. The van der Waals surface area contributed by atoms with Gasteiger partial charge in [-0.3, -0.25) is 9.69 Å². The second kappa shape index (κ2) is 8.78. The molecule has 1 saturated carbocycles. The first-order chi connectivity index (χ1) is 13.7. The molecule has 1 saturated heterocycles. The maximum absolute atomic E-state index is 12.5. The third kappa shape index (κ3) is 4.56. The van der Waals surface area contributed by atoms with Gasteiger partial charge in [-0.1, -0.05) is 55.3 Å². The molecule has 4 heteroatoms. The summed E-state index contributed by atoms with van der Waals surface area (Å²) in [4.78, 5) is 14.9. The van der Waals surface area contributed by atoms with Crippen LogP contribution < -0.4 is 4.74 Å². The Morgan fingerprint density at radius 1 is 1.04 bits per heavy atom. The molecule has 0 spiro atoms. The van der Waals surface area contributed by atoms with Crippen molar-refractivity contribution >= 4 is 5.97 Å². The number of phenols is 1. The lowest BCUT2D eigenvalue weighted by molar-refractivity contribution is -0.135. The smallest absolute Gasteiger partial charge is 0.311 e. The molecule has 1 aliphatic heterocycles. The van der Waals surface area contributed by atoms with Crippen molar-refractivity contribution in [3.8, 4) is 11.5 Å². The van der Waals surface area contributed by atoms with Gasteiger partial charge in [0.15, 0.2) is 11.5 Å². The minimum absolute atomic E-state index is 0.153. The van der Waals surface area contributed by atoms with Gasteiger partial charge in [-0.05, 0) is 49.3 Å². The van der Waals surface area contributed by atoms with Gasteiger partial charge in [0, 0.05) is 18.7 Å². The van der Waals surface area contributed by atoms with E-state index in [2.05, 4.69) is 29.2 Å². The van der Waals surface area contributed by atoms with Crippen molar-refractivity contribution in [2.24, 2.45) is 5.92 Å². The fraction of sp³-hybridized carbons (Fsp3) is 0.458. The zero-order chi connectivity index (χ0) is 19.3. The minimum atomic E-state index is -0.245. The van der Waals surface area contributed by atoms with Crippen LogP contribution >= 0.6 is 0 Å². The molecule has 1 N–H and O–H groups in total. The molecule has 0 amide bonds. The van der Waals surface area contributed by atoms with Crippen molar-refractivity contribution in [1.82, 2.24) is 4.90 Å². The number of aromatic hydroxyl groups is 1. The standard InChI is InChI=1S/C24H29NO3/c26-23(15-19-13-14-25(17-19)16-18-7-2-1-3-8-18)28-22-12-6-11-21(24(22)27)20-9-4-5-10-20/h1-3,6-8,11-12,19-20,27H,4-5,9-10,13-17H2/t19-/m0/s1. The molecule has 2 fully saturated rings. The van der Waals surface area contributed by atoms with Crippen LogP contribution in [0.25, 0.3) is 0 Å². The van der Waals surface area contributed by atoms with E-state index in [0.29, 0.717) is 24.0 Å². The number of carbonyl (C=O) groups is 1. The summed E-state index contributed by atoms with van der Waals surface area (Å²) in [6.07, 6.45) is 6.02. The maximum atomic E-state index is 12.5. The van der Waals surface area contributed by atoms with Gasteiger partial charge in [-0.25, -0.2) is 0 Å². The summed E-state index contributed by atoms with van der Waals surface area (Å²) in [6.45, 7) is 2.85. The van der Waals surface area contributed by atoms with Gasteiger partial charge in [0.05, 0.1) is 6.42 Å². The van der Waals surface area contributed by atoms with E-state index in [4.69, 9.17) is 4.74 Å². The Morgan fingerprint density at radius 2 is 1.82 bits per heavy atom. The number of hydrogen-bond acceptors (Lipinski definition) is 4. The number of phenolic OH excluding ortho intramolecular Hbond substituents is 1. The van der Waals surface area contributed by atoms with E-state index < -0.39 is 0 Å². The predicted octanol–water partition coefficient (Wildman–Crippen LogP) is 4.87. The molecule has 2 aliphatic rings. The van der Waals surface area contributed by atoms with Crippen molar-refractivity contribution in [2.45, 2.75) is 51.0 Å². The fourth-order valence-corrected chi connectivity index (χ4v) is 4.65. The Balaban J connectivity index is 1.31. The molecule has 1 heterocycles. The van der Waals surface area contributed by atoms with Crippen LogP contribution in [0, 0.1) is 5.92 Å². The largest absolute Gasteiger partial charge is 0.504 e. The first-order valence-corrected chi connectivity index (χ1v) is 10.5. The Hall–Kier alpha value is -2.33. The third-order valence-electron chi connectivity index (χ3n) is 6.12. The van der Waals surface area contributed by atoms with Crippen LogP contribution in [0.1, 0.15) is 55.6 Å². The monoisotopic (exact) mass is 379 g/mol. The van der Waals surface area contributed by atoms with E-state index in [1.165, 1.54) is 18.4 Å². The molecule has 2 aromatic carbocycles. The summed E-state index contributed by atoms with van der Waals surface area (Å²) in [5.74, 6) is 0.926. The van der Waals surface area contributed by atoms with Gasteiger partial charge in [0.2, 0.25) is 0 Å². The zero-order valence-corrected chi connectivity index (χ0v) is 16.3. The molecule has 1 aliphatic carbocycles. The zero-order valence-electron chi connectivity index (χ0n) is 16.3. The van der Waals surface area contributed by atoms with Crippen molar-refractivity contribution in [3.63, 3.8) is 0 Å². The Bertz CT molecular complexity index is 799. The van der Waals surface area contributed by atoms with E-state index in [1.54, 1.807) is 6.07 Å². The minimum Gasteiger partial charge on any atom is -0.504 e. The third-order valence-corrected chi connectivity index (χ3v) is 6.12.